The van der Waals surface area contributed by atoms with E-state index in [-0.39, 0.29) is 44.4 Å². The number of halogens is 7. The van der Waals surface area contributed by atoms with Gasteiger partial charge >= 0.3 is 12.4 Å². The molecule has 0 N–H and O–H groups in total. The summed E-state index contributed by atoms with van der Waals surface area (Å²) in [5.41, 5.74) is -2.56. The molecule has 0 atom stereocenters. The first kappa shape index (κ1) is 24.6. The molecule has 5 nitrogen and oxygen atoms in total. The van der Waals surface area contributed by atoms with Crippen molar-refractivity contribution in [2.75, 3.05) is 14.2 Å². The van der Waals surface area contributed by atoms with Crippen molar-refractivity contribution in [2.24, 2.45) is 0 Å². The number of rotatable bonds is 4. The van der Waals surface area contributed by atoms with E-state index in [0.29, 0.717) is 11.8 Å². The molecule has 12 heteroatoms. The summed E-state index contributed by atoms with van der Waals surface area (Å²) in [5.74, 6) is 0.607. The second-order valence-corrected chi connectivity index (χ2v) is 7.89. The summed E-state index contributed by atoms with van der Waals surface area (Å²) < 4.78 is 93.5. The average Bonchev–Trinajstić information content (AvgIpc) is 3.13. The molecule has 0 bridgehead atoms. The molecule has 35 heavy (non-hydrogen) atoms. The summed E-state index contributed by atoms with van der Waals surface area (Å²) in [6.07, 6.45) is -9.50. The van der Waals surface area contributed by atoms with Gasteiger partial charge in [0.2, 0.25) is 0 Å². The van der Waals surface area contributed by atoms with E-state index in [9.17, 15) is 26.3 Å². The quantitative estimate of drug-likeness (QED) is 0.272. The minimum Gasteiger partial charge on any atom is -0.493 e. The number of hydrogen-bond donors (Lipinski definition) is 0. The van der Waals surface area contributed by atoms with Crippen LogP contribution in [0.4, 0.5) is 26.3 Å². The van der Waals surface area contributed by atoms with Gasteiger partial charge in [-0.15, -0.1) is 0 Å². The molecule has 0 saturated heterocycles. The van der Waals surface area contributed by atoms with E-state index in [1.165, 1.54) is 39.3 Å². The van der Waals surface area contributed by atoms with Crippen molar-refractivity contribution < 1.29 is 35.8 Å². The van der Waals surface area contributed by atoms with Crippen LogP contribution in [0.2, 0.25) is 5.02 Å². The molecule has 0 aliphatic heterocycles. The molecule has 0 fully saturated rings. The SMILES string of the molecule is COc1ccc(-c2cc(C(F)(F)F)c3c(C)nn(-c4cc(C(F)(F)F)ccc4Cl)c3n2)cc1OC. The summed E-state index contributed by atoms with van der Waals surface area (Å²) in [7, 11) is 2.78. The number of ether oxygens (including phenoxy) is 2. The topological polar surface area (TPSA) is 49.2 Å². The number of pyridine rings is 1. The zero-order valence-corrected chi connectivity index (χ0v) is 19.1. The van der Waals surface area contributed by atoms with E-state index < -0.39 is 23.5 Å². The molecule has 2 aromatic heterocycles. The van der Waals surface area contributed by atoms with Crippen LogP contribution < -0.4 is 9.47 Å². The van der Waals surface area contributed by atoms with E-state index in [1.807, 2.05) is 0 Å². The molecule has 0 unspecified atom stereocenters. The first-order valence-corrected chi connectivity index (χ1v) is 10.3. The molecule has 0 aliphatic carbocycles. The number of benzene rings is 2. The van der Waals surface area contributed by atoms with Crippen LogP contribution in [0.5, 0.6) is 11.5 Å². The molecular weight excluding hydrogens is 500 g/mol. The Morgan fingerprint density at radius 2 is 1.54 bits per heavy atom. The van der Waals surface area contributed by atoms with Gasteiger partial charge in [0.25, 0.3) is 0 Å². The highest BCUT2D eigenvalue weighted by Gasteiger charge is 2.36. The Kier molecular flexibility index (Phi) is 6.08. The number of hydrogen-bond acceptors (Lipinski definition) is 4. The molecule has 0 amide bonds. The molecular formula is C23H16ClF6N3O2. The first-order valence-electron chi connectivity index (χ1n) is 9.92. The number of aryl methyl sites for hydroxylation is 1. The van der Waals surface area contributed by atoms with Crippen LogP contribution in [0.25, 0.3) is 28.0 Å². The lowest BCUT2D eigenvalue weighted by Gasteiger charge is -2.14. The fraction of sp³-hybridized carbons (Fsp3) is 0.217. The van der Waals surface area contributed by atoms with Crippen molar-refractivity contribution in [3.05, 3.63) is 64.3 Å². The van der Waals surface area contributed by atoms with Gasteiger partial charge in [0, 0.05) is 5.56 Å². The Labute approximate surface area is 199 Å². The van der Waals surface area contributed by atoms with Crippen molar-refractivity contribution in [3.63, 3.8) is 0 Å². The van der Waals surface area contributed by atoms with E-state index in [4.69, 9.17) is 21.1 Å². The van der Waals surface area contributed by atoms with Crippen molar-refractivity contribution in [3.8, 4) is 28.4 Å². The zero-order chi connectivity index (χ0) is 25.7. The third-order valence-corrected chi connectivity index (χ3v) is 5.62. The van der Waals surface area contributed by atoms with Crippen LogP contribution in [-0.4, -0.2) is 29.0 Å². The highest BCUT2D eigenvalue weighted by atomic mass is 35.5. The van der Waals surface area contributed by atoms with E-state index >= 15 is 0 Å². The second kappa shape index (κ2) is 8.63. The van der Waals surface area contributed by atoms with Crippen LogP contribution >= 0.6 is 11.6 Å². The maximum Gasteiger partial charge on any atom is 0.417 e. The maximum absolute atomic E-state index is 14.1. The van der Waals surface area contributed by atoms with Crippen LogP contribution in [0.3, 0.4) is 0 Å². The Morgan fingerprint density at radius 3 is 2.14 bits per heavy atom. The number of aromatic nitrogens is 3. The fourth-order valence-corrected chi connectivity index (χ4v) is 3.87. The smallest absolute Gasteiger partial charge is 0.417 e. The highest BCUT2D eigenvalue weighted by Crippen LogP contribution is 2.41. The summed E-state index contributed by atoms with van der Waals surface area (Å²) in [4.78, 5) is 4.34. The Balaban J connectivity index is 2.05. The van der Waals surface area contributed by atoms with Gasteiger partial charge in [0.15, 0.2) is 17.1 Å². The molecule has 4 rings (SSSR count). The molecule has 2 heterocycles. The van der Waals surface area contributed by atoms with E-state index in [1.54, 1.807) is 0 Å². The minimum atomic E-state index is -4.80. The summed E-state index contributed by atoms with van der Waals surface area (Å²) in [5, 5.41) is 3.58. The number of alkyl halides is 6. The lowest BCUT2D eigenvalue weighted by Crippen LogP contribution is -2.09. The molecule has 4 aromatic rings. The van der Waals surface area contributed by atoms with Gasteiger partial charge in [-0.05, 0) is 49.4 Å². The van der Waals surface area contributed by atoms with Gasteiger partial charge in [-0.1, -0.05) is 11.6 Å². The predicted molar refractivity (Wildman–Crippen MR) is 117 cm³/mol. The van der Waals surface area contributed by atoms with Crippen molar-refractivity contribution >= 4 is 22.6 Å². The Hall–Kier alpha value is -3.47. The van der Waals surface area contributed by atoms with Crippen LogP contribution in [0.1, 0.15) is 16.8 Å². The number of fused-ring (bicyclic) bond motifs is 1. The van der Waals surface area contributed by atoms with Crippen LogP contribution in [-0.2, 0) is 12.4 Å². The lowest BCUT2D eigenvalue weighted by molar-refractivity contribution is -0.138. The van der Waals surface area contributed by atoms with E-state index in [2.05, 4.69) is 10.1 Å². The Bertz CT molecular complexity index is 1430. The first-order chi connectivity index (χ1) is 16.3. The van der Waals surface area contributed by atoms with Crippen molar-refractivity contribution in [1.82, 2.24) is 14.8 Å². The van der Waals surface area contributed by atoms with Gasteiger partial charge in [0.1, 0.15) is 0 Å². The van der Waals surface area contributed by atoms with E-state index in [0.717, 1.165) is 22.9 Å². The minimum absolute atomic E-state index is 0.0767. The van der Waals surface area contributed by atoms with Gasteiger partial charge in [-0.2, -0.15) is 31.4 Å². The third-order valence-electron chi connectivity index (χ3n) is 5.30. The second-order valence-electron chi connectivity index (χ2n) is 7.48. The molecule has 184 valence electrons. The number of nitrogens with zero attached hydrogens (tertiary/aromatic N) is 3. The summed E-state index contributed by atoms with van der Waals surface area (Å²) in [6.45, 7) is 1.31. The molecule has 2 aromatic carbocycles. The number of methoxy groups -OCH3 is 2. The zero-order valence-electron chi connectivity index (χ0n) is 18.3. The summed E-state index contributed by atoms with van der Waals surface area (Å²) in [6, 6.07) is 7.78. The van der Waals surface area contributed by atoms with Gasteiger partial charge in [-0.3, -0.25) is 0 Å². The Morgan fingerprint density at radius 1 is 0.857 bits per heavy atom. The maximum atomic E-state index is 14.1. The fourth-order valence-electron chi connectivity index (χ4n) is 3.68. The van der Waals surface area contributed by atoms with Crippen LogP contribution in [0, 0.1) is 6.92 Å². The predicted octanol–water partition coefficient (Wildman–Crippen LogP) is 7.10. The molecule has 0 radical (unpaired) electrons. The van der Waals surface area contributed by atoms with Gasteiger partial charge in [0.05, 0.1) is 52.8 Å². The molecule has 0 aliphatic rings. The normalized spacial score (nSPS) is 12.3. The highest BCUT2D eigenvalue weighted by molar-refractivity contribution is 6.32. The molecule has 0 saturated carbocycles. The van der Waals surface area contributed by atoms with Crippen molar-refractivity contribution in [1.29, 1.82) is 0 Å². The standard InChI is InChI=1S/C23H16ClF6N3O2/c1-11-20-14(23(28,29)30)10-16(12-4-7-18(34-2)19(8-12)35-3)31-21(20)33(32-11)17-9-13(22(25,26)27)5-6-15(17)24/h4-10H,1-3H3. The van der Waals surface area contributed by atoms with Gasteiger partial charge in [-0.25, -0.2) is 9.67 Å². The van der Waals surface area contributed by atoms with Crippen LogP contribution in [0.15, 0.2) is 42.5 Å². The summed E-state index contributed by atoms with van der Waals surface area (Å²) >= 11 is 6.14. The van der Waals surface area contributed by atoms with Gasteiger partial charge < -0.3 is 9.47 Å². The average molecular weight is 516 g/mol. The largest absolute Gasteiger partial charge is 0.493 e. The lowest BCUT2D eigenvalue weighted by atomic mass is 10.0. The monoisotopic (exact) mass is 515 g/mol. The van der Waals surface area contributed by atoms with Crippen molar-refractivity contribution in [2.45, 2.75) is 19.3 Å². The molecule has 0 spiro atoms. The third kappa shape index (κ3) is 4.47.